The highest BCUT2D eigenvalue weighted by molar-refractivity contribution is 5.83. The van der Waals surface area contributed by atoms with Crippen molar-refractivity contribution in [3.63, 3.8) is 0 Å². The van der Waals surface area contributed by atoms with Crippen molar-refractivity contribution in [3.05, 3.63) is 53.6 Å². The van der Waals surface area contributed by atoms with Gasteiger partial charge in [-0.1, -0.05) is 30.3 Å². The SMILES string of the molecule is Nc1ccc2c(c1)C1(c3ccccc3-2)C2CC3CC(C2)CC1C3. The Morgan fingerprint density at radius 3 is 2.13 bits per heavy atom. The molecule has 2 aromatic rings. The van der Waals surface area contributed by atoms with Gasteiger partial charge in [-0.05, 0) is 90.2 Å². The van der Waals surface area contributed by atoms with E-state index in [2.05, 4.69) is 42.5 Å². The Morgan fingerprint density at radius 1 is 0.739 bits per heavy atom. The molecule has 1 spiro atoms. The van der Waals surface area contributed by atoms with Gasteiger partial charge in [-0.3, -0.25) is 0 Å². The second-order valence-corrected chi connectivity index (χ2v) is 8.52. The first-order chi connectivity index (χ1) is 11.3. The molecule has 1 nitrogen and oxygen atoms in total. The molecule has 0 atom stereocenters. The van der Waals surface area contributed by atoms with E-state index in [1.54, 1.807) is 11.1 Å². The van der Waals surface area contributed by atoms with E-state index in [-0.39, 0.29) is 5.41 Å². The third-order valence-electron chi connectivity index (χ3n) is 7.58. The topological polar surface area (TPSA) is 26.0 Å². The summed E-state index contributed by atoms with van der Waals surface area (Å²) in [4.78, 5) is 0. The van der Waals surface area contributed by atoms with Crippen molar-refractivity contribution in [2.45, 2.75) is 37.5 Å². The molecule has 1 heteroatoms. The molecule has 0 aromatic heterocycles. The summed E-state index contributed by atoms with van der Waals surface area (Å²) in [6, 6.07) is 15.9. The van der Waals surface area contributed by atoms with Gasteiger partial charge in [-0.2, -0.15) is 0 Å². The Hall–Kier alpha value is -1.76. The minimum absolute atomic E-state index is 0.273. The van der Waals surface area contributed by atoms with Gasteiger partial charge < -0.3 is 5.73 Å². The predicted molar refractivity (Wildman–Crippen MR) is 94.1 cm³/mol. The normalized spacial score (nSPS) is 38.8. The molecule has 5 aliphatic carbocycles. The monoisotopic (exact) mass is 301 g/mol. The minimum atomic E-state index is 0.273. The minimum Gasteiger partial charge on any atom is -0.399 e. The van der Waals surface area contributed by atoms with Crippen LogP contribution in [0, 0.1) is 23.7 Å². The molecule has 4 bridgehead atoms. The molecule has 7 rings (SSSR count). The highest BCUT2D eigenvalue weighted by atomic mass is 14.7. The Labute approximate surface area is 137 Å². The van der Waals surface area contributed by atoms with Gasteiger partial charge in [0.1, 0.15) is 0 Å². The van der Waals surface area contributed by atoms with E-state index >= 15 is 0 Å². The first kappa shape index (κ1) is 12.6. The van der Waals surface area contributed by atoms with E-state index < -0.39 is 0 Å². The Bertz CT molecular complexity index is 790. The van der Waals surface area contributed by atoms with E-state index in [0.717, 1.165) is 29.4 Å². The zero-order chi connectivity index (χ0) is 15.2. The molecule has 5 aliphatic rings. The number of hydrogen-bond acceptors (Lipinski definition) is 1. The Balaban J connectivity index is 1.69. The number of nitrogens with two attached hydrogens (primary N) is 1. The van der Waals surface area contributed by atoms with Gasteiger partial charge in [-0.15, -0.1) is 0 Å². The van der Waals surface area contributed by atoms with Crippen LogP contribution in [-0.4, -0.2) is 0 Å². The molecular formula is C22H23N. The largest absolute Gasteiger partial charge is 0.399 e. The molecule has 0 radical (unpaired) electrons. The summed E-state index contributed by atoms with van der Waals surface area (Å²) in [6.45, 7) is 0. The molecule has 0 unspecified atom stereocenters. The molecule has 4 fully saturated rings. The molecule has 0 aliphatic heterocycles. The van der Waals surface area contributed by atoms with Crippen LogP contribution in [0.15, 0.2) is 42.5 Å². The fraction of sp³-hybridized carbons (Fsp3) is 0.455. The Kier molecular flexibility index (Phi) is 2.20. The van der Waals surface area contributed by atoms with Crippen LogP contribution < -0.4 is 5.73 Å². The van der Waals surface area contributed by atoms with Gasteiger partial charge in [0.25, 0.3) is 0 Å². The highest BCUT2D eigenvalue weighted by Crippen LogP contribution is 2.69. The van der Waals surface area contributed by atoms with Crippen molar-refractivity contribution in [2.24, 2.45) is 23.7 Å². The highest BCUT2D eigenvalue weighted by Gasteiger charge is 2.61. The molecule has 0 heterocycles. The van der Waals surface area contributed by atoms with Crippen LogP contribution in [0.25, 0.3) is 11.1 Å². The van der Waals surface area contributed by atoms with Crippen molar-refractivity contribution in [3.8, 4) is 11.1 Å². The summed E-state index contributed by atoms with van der Waals surface area (Å²) >= 11 is 0. The average Bonchev–Trinajstić information content (AvgIpc) is 2.83. The van der Waals surface area contributed by atoms with Gasteiger partial charge in [0, 0.05) is 11.1 Å². The predicted octanol–water partition coefficient (Wildman–Crippen LogP) is 4.99. The maximum absolute atomic E-state index is 6.24. The summed E-state index contributed by atoms with van der Waals surface area (Å²) in [5.41, 5.74) is 13.6. The van der Waals surface area contributed by atoms with Crippen LogP contribution in [0.5, 0.6) is 0 Å². The van der Waals surface area contributed by atoms with E-state index in [9.17, 15) is 0 Å². The summed E-state index contributed by atoms with van der Waals surface area (Å²) < 4.78 is 0. The van der Waals surface area contributed by atoms with E-state index in [4.69, 9.17) is 5.73 Å². The molecule has 2 aromatic carbocycles. The number of rotatable bonds is 0. The van der Waals surface area contributed by atoms with Crippen molar-refractivity contribution in [2.75, 3.05) is 5.73 Å². The smallest absolute Gasteiger partial charge is 0.0317 e. The van der Waals surface area contributed by atoms with Gasteiger partial charge >= 0.3 is 0 Å². The van der Waals surface area contributed by atoms with Crippen LogP contribution in [0.4, 0.5) is 5.69 Å². The summed E-state index contributed by atoms with van der Waals surface area (Å²) in [6.07, 6.45) is 7.27. The molecule has 4 saturated carbocycles. The number of anilines is 1. The molecule has 23 heavy (non-hydrogen) atoms. The van der Waals surface area contributed by atoms with Gasteiger partial charge in [0.15, 0.2) is 0 Å². The quantitative estimate of drug-likeness (QED) is 0.681. The van der Waals surface area contributed by atoms with Gasteiger partial charge in [0.2, 0.25) is 0 Å². The lowest BCUT2D eigenvalue weighted by molar-refractivity contribution is -0.0399. The van der Waals surface area contributed by atoms with E-state index in [1.165, 1.54) is 43.2 Å². The summed E-state index contributed by atoms with van der Waals surface area (Å²) in [5, 5.41) is 0. The molecule has 0 saturated heterocycles. The summed E-state index contributed by atoms with van der Waals surface area (Å²) in [7, 11) is 0. The van der Waals surface area contributed by atoms with Gasteiger partial charge in [-0.25, -0.2) is 0 Å². The van der Waals surface area contributed by atoms with Crippen LogP contribution in [0.2, 0.25) is 0 Å². The van der Waals surface area contributed by atoms with E-state index in [0.29, 0.717) is 0 Å². The lowest BCUT2D eigenvalue weighted by atomic mass is 9.43. The zero-order valence-corrected chi connectivity index (χ0v) is 13.5. The number of nitrogen functional groups attached to an aromatic ring is 1. The maximum Gasteiger partial charge on any atom is 0.0317 e. The van der Waals surface area contributed by atoms with Crippen molar-refractivity contribution in [1.29, 1.82) is 0 Å². The van der Waals surface area contributed by atoms with E-state index in [1.807, 2.05) is 0 Å². The van der Waals surface area contributed by atoms with Crippen molar-refractivity contribution >= 4 is 5.69 Å². The van der Waals surface area contributed by atoms with Crippen LogP contribution in [0.1, 0.15) is 43.2 Å². The fourth-order valence-electron chi connectivity index (χ4n) is 7.17. The lowest BCUT2D eigenvalue weighted by Crippen LogP contribution is -2.55. The molecule has 116 valence electrons. The molecular weight excluding hydrogens is 278 g/mol. The van der Waals surface area contributed by atoms with Gasteiger partial charge in [0.05, 0.1) is 0 Å². The van der Waals surface area contributed by atoms with Crippen LogP contribution in [0.3, 0.4) is 0 Å². The zero-order valence-electron chi connectivity index (χ0n) is 13.5. The van der Waals surface area contributed by atoms with Crippen molar-refractivity contribution in [1.82, 2.24) is 0 Å². The van der Waals surface area contributed by atoms with Crippen LogP contribution in [-0.2, 0) is 5.41 Å². The second-order valence-electron chi connectivity index (χ2n) is 8.52. The molecule has 2 N–H and O–H groups in total. The third-order valence-corrected chi connectivity index (χ3v) is 7.58. The second kappa shape index (κ2) is 4.01. The standard InChI is InChI=1S/C22H23N/c23-17-5-6-19-18-3-1-2-4-20(18)22(21(19)12-17)15-8-13-7-14(10-15)11-16(22)9-13/h1-6,12-16H,7-11,23H2. The molecule has 0 amide bonds. The lowest BCUT2D eigenvalue weighted by Gasteiger charge is -2.61. The maximum atomic E-state index is 6.24. The number of benzene rings is 2. The van der Waals surface area contributed by atoms with Crippen LogP contribution >= 0.6 is 0 Å². The Morgan fingerprint density at radius 2 is 1.39 bits per heavy atom. The average molecular weight is 301 g/mol. The third kappa shape index (κ3) is 1.36. The van der Waals surface area contributed by atoms with Crippen molar-refractivity contribution < 1.29 is 0 Å². The first-order valence-corrected chi connectivity index (χ1v) is 9.26. The number of fused-ring (bicyclic) bond motifs is 3. The summed E-state index contributed by atoms with van der Waals surface area (Å²) in [5.74, 6) is 3.67. The number of hydrogen-bond donors (Lipinski definition) is 1. The first-order valence-electron chi connectivity index (χ1n) is 9.26. The fourth-order valence-corrected chi connectivity index (χ4v) is 7.17.